The molecule has 3 aromatic rings. The van der Waals surface area contributed by atoms with Gasteiger partial charge in [0.15, 0.2) is 5.82 Å². The first-order chi connectivity index (χ1) is 15.3. The second-order valence-corrected chi connectivity index (χ2v) is 10.7. The van der Waals surface area contributed by atoms with E-state index in [0.29, 0.717) is 42.9 Å². The topological polar surface area (TPSA) is 80.0 Å². The van der Waals surface area contributed by atoms with Crippen LogP contribution < -0.4 is 9.80 Å². The summed E-state index contributed by atoms with van der Waals surface area (Å²) in [5, 5.41) is 8.09. The lowest BCUT2D eigenvalue weighted by Crippen LogP contribution is -2.39. The van der Waals surface area contributed by atoms with E-state index in [1.54, 1.807) is 11.3 Å². The molecule has 0 spiro atoms. The fourth-order valence-electron chi connectivity index (χ4n) is 4.08. The van der Waals surface area contributed by atoms with Crippen molar-refractivity contribution < 1.29 is 17.4 Å². The molecule has 5 heterocycles. The van der Waals surface area contributed by atoms with Gasteiger partial charge in [0.05, 0.1) is 11.9 Å². The van der Waals surface area contributed by atoms with Crippen LogP contribution in [0.4, 0.5) is 24.9 Å². The average molecular weight is 486 g/mol. The van der Waals surface area contributed by atoms with E-state index in [1.807, 2.05) is 9.80 Å². The summed E-state index contributed by atoms with van der Waals surface area (Å²) in [5.41, 5.74) is 0. The van der Waals surface area contributed by atoms with Gasteiger partial charge in [-0.2, -0.15) is 18.2 Å². The SMILES string of the molecule is CCCc1cc2c(N3CCn4c(nnc4C(F)(F)F)C3)nc(N3CCS(=O)CC3)nc2s1. The molecule has 3 aromatic heterocycles. The number of anilines is 2. The van der Waals surface area contributed by atoms with Crippen LogP contribution in [-0.4, -0.2) is 60.1 Å². The molecule has 0 saturated carbocycles. The molecule has 172 valence electrons. The number of aromatic nitrogens is 5. The van der Waals surface area contributed by atoms with Gasteiger partial charge in [-0.3, -0.25) is 4.21 Å². The summed E-state index contributed by atoms with van der Waals surface area (Å²) >= 11 is 1.63. The molecule has 2 aliphatic heterocycles. The third kappa shape index (κ3) is 3.96. The van der Waals surface area contributed by atoms with E-state index in [9.17, 15) is 17.4 Å². The highest BCUT2D eigenvalue weighted by Gasteiger charge is 2.39. The molecule has 2 aliphatic rings. The smallest absolute Gasteiger partial charge is 0.347 e. The summed E-state index contributed by atoms with van der Waals surface area (Å²) in [7, 11) is -0.815. The van der Waals surface area contributed by atoms with Crippen molar-refractivity contribution in [3.05, 3.63) is 22.6 Å². The molecule has 0 aromatic carbocycles. The molecule has 0 atom stereocenters. The minimum absolute atomic E-state index is 0.132. The first-order valence-corrected chi connectivity index (χ1v) is 12.8. The largest absolute Gasteiger partial charge is 0.451 e. The molecule has 0 bridgehead atoms. The number of hydrogen-bond acceptors (Lipinski definition) is 8. The fourth-order valence-corrected chi connectivity index (χ4v) is 6.25. The molecule has 1 fully saturated rings. The van der Waals surface area contributed by atoms with Gasteiger partial charge in [0, 0.05) is 53.4 Å². The summed E-state index contributed by atoms with van der Waals surface area (Å²) in [6.07, 6.45) is -2.59. The predicted molar refractivity (Wildman–Crippen MR) is 118 cm³/mol. The van der Waals surface area contributed by atoms with Crippen molar-refractivity contribution in [3.8, 4) is 0 Å². The molecule has 0 N–H and O–H groups in total. The maximum atomic E-state index is 13.2. The van der Waals surface area contributed by atoms with Crippen LogP contribution in [0, 0.1) is 0 Å². The minimum atomic E-state index is -4.53. The van der Waals surface area contributed by atoms with Gasteiger partial charge in [-0.15, -0.1) is 21.5 Å². The van der Waals surface area contributed by atoms with Gasteiger partial charge in [0.1, 0.15) is 10.6 Å². The zero-order valence-corrected chi connectivity index (χ0v) is 19.1. The summed E-state index contributed by atoms with van der Waals surface area (Å²) in [6, 6.07) is 2.09. The van der Waals surface area contributed by atoms with Crippen LogP contribution in [0.5, 0.6) is 0 Å². The number of rotatable bonds is 4. The molecule has 0 aliphatic carbocycles. The Morgan fingerprint density at radius 2 is 1.88 bits per heavy atom. The van der Waals surface area contributed by atoms with Crippen LogP contribution in [0.3, 0.4) is 0 Å². The lowest BCUT2D eigenvalue weighted by Gasteiger charge is -2.31. The molecule has 5 rings (SSSR count). The average Bonchev–Trinajstić information content (AvgIpc) is 3.36. The van der Waals surface area contributed by atoms with E-state index in [-0.39, 0.29) is 18.9 Å². The van der Waals surface area contributed by atoms with Crippen LogP contribution in [-0.2, 0) is 36.5 Å². The second kappa shape index (κ2) is 8.25. The number of hydrogen-bond donors (Lipinski definition) is 0. The number of thiophene rings is 1. The molecule has 0 amide bonds. The van der Waals surface area contributed by atoms with Crippen LogP contribution in [0.15, 0.2) is 6.07 Å². The van der Waals surface area contributed by atoms with Gasteiger partial charge in [-0.05, 0) is 12.5 Å². The molecular weight excluding hydrogens is 463 g/mol. The van der Waals surface area contributed by atoms with Crippen LogP contribution in [0.25, 0.3) is 10.2 Å². The fraction of sp³-hybridized carbons (Fsp3) is 0.579. The molecule has 0 unspecified atom stereocenters. The zero-order chi connectivity index (χ0) is 22.5. The van der Waals surface area contributed by atoms with E-state index in [2.05, 4.69) is 23.2 Å². The van der Waals surface area contributed by atoms with Crippen molar-refractivity contribution in [1.29, 1.82) is 0 Å². The van der Waals surface area contributed by atoms with Crippen molar-refractivity contribution in [2.24, 2.45) is 0 Å². The predicted octanol–water partition coefficient (Wildman–Crippen LogP) is 2.84. The van der Waals surface area contributed by atoms with E-state index >= 15 is 0 Å². The third-order valence-corrected chi connectivity index (χ3v) is 8.04. The molecular formula is C19H22F3N7OS2. The number of halogens is 3. The Kier molecular flexibility index (Phi) is 5.56. The number of alkyl halides is 3. The number of fused-ring (bicyclic) bond motifs is 2. The third-order valence-electron chi connectivity index (χ3n) is 5.68. The van der Waals surface area contributed by atoms with E-state index in [1.165, 1.54) is 4.88 Å². The maximum Gasteiger partial charge on any atom is 0.451 e. The van der Waals surface area contributed by atoms with Gasteiger partial charge in [0.2, 0.25) is 11.8 Å². The summed E-state index contributed by atoms with van der Waals surface area (Å²) in [5.74, 6) is 1.76. The van der Waals surface area contributed by atoms with E-state index in [4.69, 9.17) is 9.97 Å². The minimum Gasteiger partial charge on any atom is -0.347 e. The Morgan fingerprint density at radius 1 is 1.09 bits per heavy atom. The Hall–Kier alpha value is -2.28. The van der Waals surface area contributed by atoms with E-state index < -0.39 is 22.8 Å². The summed E-state index contributed by atoms with van der Waals surface area (Å²) in [6.45, 7) is 4.04. The molecule has 8 nitrogen and oxygen atoms in total. The lowest BCUT2D eigenvalue weighted by molar-refractivity contribution is -0.147. The van der Waals surface area contributed by atoms with Gasteiger partial charge < -0.3 is 14.4 Å². The first-order valence-electron chi connectivity index (χ1n) is 10.5. The highest BCUT2D eigenvalue weighted by molar-refractivity contribution is 7.85. The quantitative estimate of drug-likeness (QED) is 0.562. The Balaban J connectivity index is 1.53. The highest BCUT2D eigenvalue weighted by Crippen LogP contribution is 2.36. The van der Waals surface area contributed by atoms with Crippen molar-refractivity contribution in [2.45, 2.75) is 39.0 Å². The monoisotopic (exact) mass is 485 g/mol. The standard InChI is InChI=1S/C19H22F3N7OS2/c1-2-3-12-10-13-15(23-18(24-16(13)31-12)27-6-8-32(30)9-7-27)28-4-5-29-14(11-28)25-26-17(29)19(20,21)22/h10H,2-9,11H2,1H3. The molecule has 13 heteroatoms. The summed E-state index contributed by atoms with van der Waals surface area (Å²) in [4.78, 5) is 15.7. The van der Waals surface area contributed by atoms with Crippen molar-refractivity contribution in [2.75, 3.05) is 40.9 Å². The van der Waals surface area contributed by atoms with Crippen molar-refractivity contribution in [1.82, 2.24) is 24.7 Å². The van der Waals surface area contributed by atoms with E-state index in [0.717, 1.165) is 27.6 Å². The normalized spacial score (nSPS) is 17.9. The van der Waals surface area contributed by atoms with Gasteiger partial charge >= 0.3 is 6.18 Å². The Morgan fingerprint density at radius 3 is 2.59 bits per heavy atom. The number of nitrogens with zero attached hydrogens (tertiary/aromatic N) is 7. The Labute approximate surface area is 188 Å². The second-order valence-electron chi connectivity index (χ2n) is 7.87. The number of aryl methyl sites for hydroxylation is 1. The highest BCUT2D eigenvalue weighted by atomic mass is 32.2. The van der Waals surface area contributed by atoms with Gasteiger partial charge in [-0.1, -0.05) is 13.3 Å². The van der Waals surface area contributed by atoms with Crippen LogP contribution in [0.2, 0.25) is 0 Å². The molecule has 32 heavy (non-hydrogen) atoms. The zero-order valence-electron chi connectivity index (χ0n) is 17.4. The van der Waals surface area contributed by atoms with Crippen LogP contribution >= 0.6 is 11.3 Å². The molecule has 0 radical (unpaired) electrons. The first kappa shape index (κ1) is 21.6. The Bertz CT molecular complexity index is 1170. The maximum absolute atomic E-state index is 13.2. The summed E-state index contributed by atoms with van der Waals surface area (Å²) < 4.78 is 52.6. The molecule has 1 saturated heterocycles. The lowest BCUT2D eigenvalue weighted by atomic mass is 10.2. The van der Waals surface area contributed by atoms with Gasteiger partial charge in [0.25, 0.3) is 0 Å². The van der Waals surface area contributed by atoms with Crippen molar-refractivity contribution >= 4 is 44.1 Å². The van der Waals surface area contributed by atoms with Gasteiger partial charge in [-0.25, -0.2) is 4.98 Å². The van der Waals surface area contributed by atoms with Crippen molar-refractivity contribution in [3.63, 3.8) is 0 Å². The van der Waals surface area contributed by atoms with Crippen LogP contribution in [0.1, 0.15) is 29.9 Å².